The second-order valence-electron chi connectivity index (χ2n) is 6.23. The van der Waals surface area contributed by atoms with Crippen molar-refractivity contribution in [3.05, 3.63) is 60.3 Å². The van der Waals surface area contributed by atoms with Crippen LogP contribution in [0.2, 0.25) is 0 Å². The van der Waals surface area contributed by atoms with E-state index >= 15 is 0 Å². The SMILES string of the molecule is CCN(CC)S(=O)(=O)c1ccc(C(=O)Nc2cccc3c2ccn3C)cc1. The minimum Gasteiger partial charge on any atom is -0.350 e. The van der Waals surface area contributed by atoms with E-state index in [4.69, 9.17) is 0 Å². The fourth-order valence-electron chi connectivity index (χ4n) is 3.10. The number of aryl methyl sites for hydroxylation is 1. The molecule has 3 rings (SSSR count). The molecule has 0 radical (unpaired) electrons. The number of hydrogen-bond donors (Lipinski definition) is 1. The molecule has 7 heteroatoms. The van der Waals surface area contributed by atoms with Crippen molar-refractivity contribution in [3.8, 4) is 0 Å². The summed E-state index contributed by atoms with van der Waals surface area (Å²) in [7, 11) is -1.58. The molecule has 0 bridgehead atoms. The fraction of sp³-hybridized carbons (Fsp3) is 0.250. The first kappa shape index (κ1) is 19.1. The van der Waals surface area contributed by atoms with Gasteiger partial charge in [0.1, 0.15) is 0 Å². The number of nitrogens with zero attached hydrogens (tertiary/aromatic N) is 2. The quantitative estimate of drug-likeness (QED) is 0.706. The Morgan fingerprint density at radius 2 is 1.70 bits per heavy atom. The Kier molecular flexibility index (Phi) is 5.34. The third kappa shape index (κ3) is 3.61. The molecule has 27 heavy (non-hydrogen) atoms. The van der Waals surface area contributed by atoms with Crippen LogP contribution in [0.15, 0.2) is 59.6 Å². The van der Waals surface area contributed by atoms with Gasteiger partial charge in [-0.3, -0.25) is 4.79 Å². The summed E-state index contributed by atoms with van der Waals surface area (Å²) < 4.78 is 28.4. The minimum atomic E-state index is -3.53. The fourth-order valence-corrected chi connectivity index (χ4v) is 4.55. The van der Waals surface area contributed by atoms with Gasteiger partial charge in [-0.2, -0.15) is 4.31 Å². The van der Waals surface area contributed by atoms with Gasteiger partial charge in [-0.25, -0.2) is 8.42 Å². The van der Waals surface area contributed by atoms with Gasteiger partial charge in [0.2, 0.25) is 10.0 Å². The zero-order valence-electron chi connectivity index (χ0n) is 15.6. The molecule has 1 aromatic heterocycles. The predicted molar refractivity (Wildman–Crippen MR) is 107 cm³/mol. The molecule has 142 valence electrons. The Hall–Kier alpha value is -2.64. The number of carbonyl (C=O) groups is 1. The molecule has 0 saturated carbocycles. The van der Waals surface area contributed by atoms with Gasteiger partial charge in [-0.15, -0.1) is 0 Å². The maximum Gasteiger partial charge on any atom is 0.255 e. The van der Waals surface area contributed by atoms with Crippen LogP contribution < -0.4 is 5.32 Å². The summed E-state index contributed by atoms with van der Waals surface area (Å²) in [5.41, 5.74) is 2.15. The Bertz CT molecular complexity index is 1070. The Morgan fingerprint density at radius 3 is 2.33 bits per heavy atom. The summed E-state index contributed by atoms with van der Waals surface area (Å²) in [5, 5.41) is 3.86. The molecule has 3 aromatic rings. The third-order valence-electron chi connectivity index (χ3n) is 4.64. The Balaban J connectivity index is 1.84. The van der Waals surface area contributed by atoms with Gasteiger partial charge in [0, 0.05) is 42.8 Å². The highest BCUT2D eigenvalue weighted by Gasteiger charge is 2.21. The summed E-state index contributed by atoms with van der Waals surface area (Å²) in [6.07, 6.45) is 1.94. The molecule has 0 atom stereocenters. The molecule has 2 aromatic carbocycles. The van der Waals surface area contributed by atoms with E-state index in [-0.39, 0.29) is 10.8 Å². The topological polar surface area (TPSA) is 71.4 Å². The van der Waals surface area contributed by atoms with Gasteiger partial charge in [0.05, 0.1) is 10.6 Å². The number of hydrogen-bond acceptors (Lipinski definition) is 3. The van der Waals surface area contributed by atoms with Crippen LogP contribution in [0.5, 0.6) is 0 Å². The first-order valence-electron chi connectivity index (χ1n) is 8.84. The zero-order valence-corrected chi connectivity index (χ0v) is 16.5. The van der Waals surface area contributed by atoms with E-state index in [9.17, 15) is 13.2 Å². The second kappa shape index (κ2) is 7.54. The highest BCUT2D eigenvalue weighted by Crippen LogP contribution is 2.24. The number of sulfonamides is 1. The van der Waals surface area contributed by atoms with Crippen molar-refractivity contribution in [3.63, 3.8) is 0 Å². The first-order chi connectivity index (χ1) is 12.9. The van der Waals surface area contributed by atoms with Crippen LogP contribution in [0.1, 0.15) is 24.2 Å². The van der Waals surface area contributed by atoms with Crippen molar-refractivity contribution in [2.75, 3.05) is 18.4 Å². The van der Waals surface area contributed by atoms with Crippen molar-refractivity contribution >= 4 is 32.5 Å². The average Bonchev–Trinajstić information content (AvgIpc) is 3.05. The zero-order chi connectivity index (χ0) is 19.6. The van der Waals surface area contributed by atoms with Gasteiger partial charge >= 0.3 is 0 Å². The molecule has 1 N–H and O–H groups in total. The molecule has 0 fully saturated rings. The smallest absolute Gasteiger partial charge is 0.255 e. The number of aromatic nitrogens is 1. The number of amides is 1. The summed E-state index contributed by atoms with van der Waals surface area (Å²) in [6, 6.07) is 13.7. The molecular weight excluding hydrogens is 362 g/mol. The largest absolute Gasteiger partial charge is 0.350 e. The van der Waals surface area contributed by atoms with Crippen molar-refractivity contribution in [1.29, 1.82) is 0 Å². The highest BCUT2D eigenvalue weighted by molar-refractivity contribution is 7.89. The standard InChI is InChI=1S/C20H23N3O3S/c1-4-23(5-2)27(25,26)16-11-9-15(10-12-16)20(24)21-18-7-6-8-19-17(18)13-14-22(19)3/h6-14H,4-5H2,1-3H3,(H,21,24). The molecule has 6 nitrogen and oxygen atoms in total. The molecule has 0 saturated heterocycles. The van der Waals surface area contributed by atoms with Crippen LogP contribution >= 0.6 is 0 Å². The van der Waals surface area contributed by atoms with Gasteiger partial charge in [0.25, 0.3) is 5.91 Å². The number of carbonyl (C=O) groups excluding carboxylic acids is 1. The summed E-state index contributed by atoms with van der Waals surface area (Å²) in [4.78, 5) is 12.8. The van der Waals surface area contributed by atoms with E-state index in [1.807, 2.05) is 42.1 Å². The monoisotopic (exact) mass is 385 g/mol. The van der Waals surface area contributed by atoms with E-state index in [0.29, 0.717) is 18.7 Å². The lowest BCUT2D eigenvalue weighted by Crippen LogP contribution is -2.30. The molecule has 0 aliphatic heterocycles. The van der Waals surface area contributed by atoms with E-state index in [0.717, 1.165) is 16.6 Å². The summed E-state index contributed by atoms with van der Waals surface area (Å²) in [6.45, 7) is 4.41. The van der Waals surface area contributed by atoms with Gasteiger partial charge in [-0.1, -0.05) is 19.9 Å². The van der Waals surface area contributed by atoms with Crippen LogP contribution in [0, 0.1) is 0 Å². The molecule has 0 unspecified atom stereocenters. The number of nitrogens with one attached hydrogen (secondary N) is 1. The number of anilines is 1. The second-order valence-corrected chi connectivity index (χ2v) is 8.17. The van der Waals surface area contributed by atoms with Crippen LogP contribution in [0.3, 0.4) is 0 Å². The van der Waals surface area contributed by atoms with Crippen molar-refractivity contribution in [2.45, 2.75) is 18.7 Å². The van der Waals surface area contributed by atoms with Gasteiger partial charge < -0.3 is 9.88 Å². The van der Waals surface area contributed by atoms with E-state index in [1.165, 1.54) is 28.6 Å². The molecule has 0 aliphatic rings. The predicted octanol–water partition coefficient (Wildman–Crippen LogP) is 3.46. The molecule has 1 heterocycles. The van der Waals surface area contributed by atoms with Crippen LogP contribution in [-0.4, -0.2) is 36.3 Å². The van der Waals surface area contributed by atoms with Crippen LogP contribution in [0.25, 0.3) is 10.9 Å². The van der Waals surface area contributed by atoms with Crippen LogP contribution in [-0.2, 0) is 17.1 Å². The average molecular weight is 385 g/mol. The number of fused-ring (bicyclic) bond motifs is 1. The normalized spacial score (nSPS) is 11.9. The third-order valence-corrected chi connectivity index (χ3v) is 6.70. The summed E-state index contributed by atoms with van der Waals surface area (Å²) >= 11 is 0. The van der Waals surface area contributed by atoms with E-state index in [2.05, 4.69) is 5.32 Å². The number of benzene rings is 2. The first-order valence-corrected chi connectivity index (χ1v) is 10.3. The van der Waals surface area contributed by atoms with Crippen molar-refractivity contribution in [2.24, 2.45) is 7.05 Å². The molecule has 1 amide bonds. The summed E-state index contributed by atoms with van der Waals surface area (Å²) in [5.74, 6) is -0.279. The highest BCUT2D eigenvalue weighted by atomic mass is 32.2. The van der Waals surface area contributed by atoms with Gasteiger partial charge in [0.15, 0.2) is 0 Å². The van der Waals surface area contributed by atoms with Crippen molar-refractivity contribution < 1.29 is 13.2 Å². The van der Waals surface area contributed by atoms with E-state index < -0.39 is 10.0 Å². The lowest BCUT2D eigenvalue weighted by atomic mass is 10.2. The molecular formula is C20H23N3O3S. The Labute approximate surface area is 159 Å². The van der Waals surface area contributed by atoms with Crippen LogP contribution in [0.4, 0.5) is 5.69 Å². The number of rotatable bonds is 6. The lowest BCUT2D eigenvalue weighted by molar-refractivity contribution is 0.102. The van der Waals surface area contributed by atoms with E-state index in [1.54, 1.807) is 13.8 Å². The molecule has 0 spiro atoms. The lowest BCUT2D eigenvalue weighted by Gasteiger charge is -2.18. The van der Waals surface area contributed by atoms with Gasteiger partial charge in [-0.05, 0) is 42.5 Å². The Morgan fingerprint density at radius 1 is 1.04 bits per heavy atom. The molecule has 0 aliphatic carbocycles. The maximum absolute atomic E-state index is 12.6. The maximum atomic E-state index is 12.6. The minimum absolute atomic E-state index is 0.188. The van der Waals surface area contributed by atoms with Crippen molar-refractivity contribution in [1.82, 2.24) is 8.87 Å².